The molecule has 4 aromatic rings. The number of benzene rings is 3. The number of imide groups is 1. The van der Waals surface area contributed by atoms with E-state index in [0.717, 1.165) is 16.8 Å². The van der Waals surface area contributed by atoms with E-state index in [1.165, 1.54) is 13.0 Å². The molecular weight excluding hydrogens is 442 g/mol. The molecule has 33 heavy (non-hydrogen) atoms. The Bertz CT molecular complexity index is 1320. The van der Waals surface area contributed by atoms with Gasteiger partial charge in [-0.1, -0.05) is 24.3 Å². The third-order valence-corrected chi connectivity index (χ3v) is 5.11. The van der Waals surface area contributed by atoms with Crippen molar-refractivity contribution in [2.24, 2.45) is 0 Å². The lowest BCUT2D eigenvalue weighted by Gasteiger charge is -2.08. The molecule has 4 rings (SSSR count). The molecule has 0 atom stereocenters. The molecule has 0 aliphatic carbocycles. The summed E-state index contributed by atoms with van der Waals surface area (Å²) in [7, 11) is 0. The highest BCUT2D eigenvalue weighted by Crippen LogP contribution is 2.26. The summed E-state index contributed by atoms with van der Waals surface area (Å²) in [5, 5.41) is 5.51. The summed E-state index contributed by atoms with van der Waals surface area (Å²) in [5.41, 5.74) is 1.04. The number of nitrogens with one attached hydrogen (secondary N) is 3. The number of amides is 4. The summed E-state index contributed by atoms with van der Waals surface area (Å²) >= 11 is 1.04. The van der Waals surface area contributed by atoms with Gasteiger partial charge in [0.2, 0.25) is 5.91 Å². The van der Waals surface area contributed by atoms with Crippen LogP contribution in [0.4, 0.5) is 10.5 Å². The second-order valence-electron chi connectivity index (χ2n) is 6.92. The molecule has 0 spiro atoms. The highest BCUT2D eigenvalue weighted by atomic mass is 32.2. The number of urea groups is 1. The first-order valence-corrected chi connectivity index (χ1v) is 10.7. The SMILES string of the molecule is CC(=O)Nc1ccc2oc(C(=O)NC(=O)NSc3cccc(Oc4ccccc4)c3)cc2c1. The molecule has 3 aromatic carbocycles. The topological polar surface area (TPSA) is 110 Å². The van der Waals surface area contributed by atoms with Crippen molar-refractivity contribution in [3.05, 3.63) is 84.6 Å². The molecule has 0 saturated carbocycles. The van der Waals surface area contributed by atoms with Gasteiger partial charge in [-0.25, -0.2) is 4.79 Å². The summed E-state index contributed by atoms with van der Waals surface area (Å²) in [5.74, 6) is 0.397. The molecule has 166 valence electrons. The van der Waals surface area contributed by atoms with Crippen LogP contribution in [0.1, 0.15) is 17.5 Å². The van der Waals surface area contributed by atoms with E-state index in [1.807, 2.05) is 30.3 Å². The molecule has 1 heterocycles. The number of hydrogen-bond donors (Lipinski definition) is 3. The van der Waals surface area contributed by atoms with Crippen LogP contribution in [0.3, 0.4) is 0 Å². The largest absolute Gasteiger partial charge is 0.457 e. The van der Waals surface area contributed by atoms with Crippen molar-refractivity contribution in [2.75, 3.05) is 5.32 Å². The zero-order chi connectivity index (χ0) is 23.2. The zero-order valence-corrected chi connectivity index (χ0v) is 18.3. The van der Waals surface area contributed by atoms with E-state index >= 15 is 0 Å². The lowest BCUT2D eigenvalue weighted by atomic mass is 10.2. The average Bonchev–Trinajstić information content (AvgIpc) is 3.22. The Morgan fingerprint density at radius 1 is 0.879 bits per heavy atom. The summed E-state index contributed by atoms with van der Waals surface area (Å²) in [6, 6.07) is 22.3. The van der Waals surface area contributed by atoms with Gasteiger partial charge in [0, 0.05) is 22.9 Å². The number of rotatable bonds is 6. The van der Waals surface area contributed by atoms with Gasteiger partial charge >= 0.3 is 6.03 Å². The number of carbonyl (C=O) groups excluding carboxylic acids is 3. The van der Waals surface area contributed by atoms with Crippen LogP contribution in [0.2, 0.25) is 0 Å². The second kappa shape index (κ2) is 9.92. The maximum atomic E-state index is 12.4. The first kappa shape index (κ1) is 22.0. The molecule has 1 aromatic heterocycles. The summed E-state index contributed by atoms with van der Waals surface area (Å²) in [6.45, 7) is 1.40. The molecular formula is C24H19N3O5S. The van der Waals surface area contributed by atoms with Crippen LogP contribution in [0.5, 0.6) is 11.5 Å². The van der Waals surface area contributed by atoms with Crippen LogP contribution in [-0.2, 0) is 4.79 Å². The summed E-state index contributed by atoms with van der Waals surface area (Å²) < 4.78 is 13.8. The van der Waals surface area contributed by atoms with Gasteiger partial charge in [-0.15, -0.1) is 0 Å². The molecule has 0 saturated heterocycles. The van der Waals surface area contributed by atoms with Crippen molar-refractivity contribution in [3.63, 3.8) is 0 Å². The van der Waals surface area contributed by atoms with Gasteiger partial charge < -0.3 is 14.5 Å². The quantitative estimate of drug-likeness (QED) is 0.335. The van der Waals surface area contributed by atoms with Crippen molar-refractivity contribution >= 4 is 46.5 Å². The molecule has 8 nitrogen and oxygen atoms in total. The molecule has 0 aliphatic rings. The van der Waals surface area contributed by atoms with Crippen LogP contribution >= 0.6 is 11.9 Å². The van der Waals surface area contributed by atoms with E-state index in [4.69, 9.17) is 9.15 Å². The predicted molar refractivity (Wildman–Crippen MR) is 125 cm³/mol. The Hall–Kier alpha value is -4.24. The van der Waals surface area contributed by atoms with Crippen LogP contribution < -0.4 is 20.1 Å². The van der Waals surface area contributed by atoms with Gasteiger partial charge in [-0.2, -0.15) is 0 Å². The molecule has 9 heteroatoms. The third kappa shape index (κ3) is 5.92. The zero-order valence-electron chi connectivity index (χ0n) is 17.5. The van der Waals surface area contributed by atoms with Crippen LogP contribution in [0, 0.1) is 0 Å². The normalized spacial score (nSPS) is 10.5. The average molecular weight is 461 g/mol. The number of furan rings is 1. The Morgan fingerprint density at radius 3 is 2.45 bits per heavy atom. The minimum absolute atomic E-state index is 0.0246. The van der Waals surface area contributed by atoms with Crippen LogP contribution in [-0.4, -0.2) is 17.8 Å². The van der Waals surface area contributed by atoms with E-state index in [0.29, 0.717) is 28.2 Å². The molecule has 0 unspecified atom stereocenters. The minimum atomic E-state index is -0.696. The number of hydrogen-bond acceptors (Lipinski definition) is 6. The fourth-order valence-electron chi connectivity index (χ4n) is 2.96. The van der Waals surface area contributed by atoms with Gasteiger partial charge in [0.15, 0.2) is 5.76 Å². The van der Waals surface area contributed by atoms with Crippen molar-refractivity contribution in [3.8, 4) is 11.5 Å². The smallest absolute Gasteiger partial charge is 0.332 e. The molecule has 0 fully saturated rings. The monoisotopic (exact) mass is 461 g/mol. The minimum Gasteiger partial charge on any atom is -0.457 e. The van der Waals surface area contributed by atoms with E-state index in [9.17, 15) is 14.4 Å². The van der Waals surface area contributed by atoms with Gasteiger partial charge in [-0.3, -0.25) is 19.6 Å². The molecule has 3 N–H and O–H groups in total. The van der Waals surface area contributed by atoms with Gasteiger partial charge in [0.25, 0.3) is 5.91 Å². The van der Waals surface area contributed by atoms with Crippen molar-refractivity contribution in [2.45, 2.75) is 11.8 Å². The predicted octanol–water partition coefficient (Wildman–Crippen LogP) is 5.33. The highest BCUT2D eigenvalue weighted by Gasteiger charge is 2.16. The molecule has 4 amide bonds. The first-order valence-electron chi connectivity index (χ1n) is 9.88. The van der Waals surface area contributed by atoms with Crippen molar-refractivity contribution < 1.29 is 23.5 Å². The van der Waals surface area contributed by atoms with Crippen molar-refractivity contribution in [1.29, 1.82) is 0 Å². The first-order chi connectivity index (χ1) is 16.0. The lowest BCUT2D eigenvalue weighted by Crippen LogP contribution is -2.36. The Morgan fingerprint density at radius 2 is 1.67 bits per heavy atom. The maximum Gasteiger partial charge on any atom is 0.332 e. The molecule has 0 aliphatic heterocycles. The number of ether oxygens (including phenoxy) is 1. The van der Waals surface area contributed by atoms with Gasteiger partial charge in [0.1, 0.15) is 17.1 Å². The van der Waals surface area contributed by atoms with Crippen LogP contribution in [0.25, 0.3) is 11.0 Å². The number of carbonyl (C=O) groups is 3. The standard InChI is InChI=1S/C24H19N3O5S/c1-15(28)25-17-10-11-21-16(12-17)13-22(32-21)23(29)26-24(30)27-33-20-9-5-8-19(14-20)31-18-6-3-2-4-7-18/h2-14H,1H3,(H,25,28)(H2,26,27,29,30). The maximum absolute atomic E-state index is 12.4. The van der Waals surface area contributed by atoms with Gasteiger partial charge in [0.05, 0.1) is 0 Å². The molecule has 0 radical (unpaired) electrons. The third-order valence-electron chi connectivity index (χ3n) is 4.33. The fourth-order valence-corrected chi connectivity index (χ4v) is 3.54. The van der Waals surface area contributed by atoms with E-state index < -0.39 is 11.9 Å². The van der Waals surface area contributed by atoms with Crippen LogP contribution in [0.15, 0.2) is 88.2 Å². The molecule has 0 bridgehead atoms. The van der Waals surface area contributed by atoms with Gasteiger partial charge in [-0.05, 0) is 66.5 Å². The van der Waals surface area contributed by atoms with E-state index in [-0.39, 0.29) is 11.7 Å². The number of para-hydroxylation sites is 1. The Balaban J connectivity index is 1.34. The Kier molecular flexibility index (Phi) is 6.61. The fraction of sp³-hybridized carbons (Fsp3) is 0.0417. The Labute approximate surface area is 193 Å². The lowest BCUT2D eigenvalue weighted by molar-refractivity contribution is -0.114. The summed E-state index contributed by atoms with van der Waals surface area (Å²) in [6.07, 6.45) is 0. The number of fused-ring (bicyclic) bond motifs is 1. The van der Waals surface area contributed by atoms with Crippen molar-refractivity contribution in [1.82, 2.24) is 10.0 Å². The second-order valence-corrected chi connectivity index (χ2v) is 7.80. The summed E-state index contributed by atoms with van der Waals surface area (Å²) in [4.78, 5) is 36.5. The number of anilines is 1. The van der Waals surface area contributed by atoms with E-state index in [1.54, 1.807) is 42.5 Å². The van der Waals surface area contributed by atoms with E-state index in [2.05, 4.69) is 15.4 Å². The highest BCUT2D eigenvalue weighted by molar-refractivity contribution is 7.98.